The second-order valence-electron chi connectivity index (χ2n) is 19.1. The van der Waals surface area contributed by atoms with Crippen LogP contribution < -0.4 is 16.2 Å². The van der Waals surface area contributed by atoms with Crippen LogP contribution in [-0.2, 0) is 55.1 Å². The number of aryl methyl sites for hydroxylation is 1. The molecule has 0 spiro atoms. The van der Waals surface area contributed by atoms with Crippen LogP contribution in [0.5, 0.6) is 0 Å². The summed E-state index contributed by atoms with van der Waals surface area (Å²) in [5.74, 6) is -2.29. The Morgan fingerprint density at radius 3 is 2.30 bits per heavy atom. The number of rotatable bonds is 11. The fourth-order valence-corrected chi connectivity index (χ4v) is 9.06. The van der Waals surface area contributed by atoms with Gasteiger partial charge in [0.25, 0.3) is 5.56 Å². The monoisotopic (exact) mass is 874 g/mol. The molecule has 0 saturated heterocycles. The van der Waals surface area contributed by atoms with E-state index in [0.29, 0.717) is 23.4 Å². The number of aliphatic carboxylic acids is 1. The van der Waals surface area contributed by atoms with Gasteiger partial charge in [0.15, 0.2) is 5.60 Å². The molecule has 2 aliphatic heterocycles. The van der Waals surface area contributed by atoms with E-state index in [4.69, 9.17) is 9.72 Å². The smallest absolute Gasteiger partial charge is 0.343 e. The minimum absolute atomic E-state index is 0.0232. The summed E-state index contributed by atoms with van der Waals surface area (Å²) in [6.45, 7) is 17.2. The summed E-state index contributed by atoms with van der Waals surface area (Å²) in [6, 6.07) is 17.8. The summed E-state index contributed by atoms with van der Waals surface area (Å²) >= 11 is 0. The number of nitrogens with zero attached hydrogens (tertiary/aromatic N) is 4. The Morgan fingerprint density at radius 1 is 1.02 bits per heavy atom. The van der Waals surface area contributed by atoms with Crippen LogP contribution >= 0.6 is 0 Å². The van der Waals surface area contributed by atoms with Gasteiger partial charge in [-0.25, -0.2) is 14.6 Å². The molecule has 5 aromatic rings. The lowest BCUT2D eigenvalue weighted by molar-refractivity contribution is -0.172. The molecular weight excluding hydrogens is 813 g/mol. The number of carboxylic acid groups (broad SMARTS) is 1. The maximum Gasteiger partial charge on any atom is 0.343 e. The fourth-order valence-electron chi connectivity index (χ4n) is 9.06. The molecule has 2 aliphatic rings. The lowest BCUT2D eigenvalue weighted by atomic mass is 9.76. The van der Waals surface area contributed by atoms with E-state index in [1.165, 1.54) is 6.92 Å². The molecule has 340 valence electrons. The first-order valence-corrected chi connectivity index (χ1v) is 21.7. The van der Waals surface area contributed by atoms with Gasteiger partial charge in [0, 0.05) is 58.7 Å². The lowest BCUT2D eigenvalue weighted by Crippen LogP contribution is -2.61. The maximum atomic E-state index is 13.9. The van der Waals surface area contributed by atoms with Crippen LogP contribution in [0, 0.1) is 11.3 Å². The number of aromatic nitrogens is 3. The molecule has 2 aromatic carbocycles. The highest BCUT2D eigenvalue weighted by Crippen LogP contribution is 2.39. The Hall–Kier alpha value is -6.12. The van der Waals surface area contributed by atoms with Crippen molar-refractivity contribution in [2.45, 2.75) is 111 Å². The highest BCUT2D eigenvalue weighted by Gasteiger charge is 2.46. The van der Waals surface area contributed by atoms with E-state index in [1.54, 1.807) is 42.6 Å². The van der Waals surface area contributed by atoms with Crippen LogP contribution in [0.3, 0.4) is 0 Å². The second-order valence-corrected chi connectivity index (χ2v) is 19.1. The third kappa shape index (κ3) is 8.60. The average molecular weight is 875 g/mol. The van der Waals surface area contributed by atoms with Gasteiger partial charge in [-0.1, -0.05) is 97.9 Å². The molecule has 2 amide bonds. The van der Waals surface area contributed by atoms with Crippen LogP contribution in [0.4, 0.5) is 0 Å². The number of pyridine rings is 2. The van der Waals surface area contributed by atoms with Gasteiger partial charge in [-0.3, -0.25) is 14.4 Å². The Bertz CT molecular complexity index is 2740. The topological polar surface area (TPSA) is 185 Å². The van der Waals surface area contributed by atoms with Crippen LogP contribution in [0.25, 0.3) is 33.2 Å². The first-order valence-electron chi connectivity index (χ1n) is 21.7. The molecule has 3 aromatic heterocycles. The number of likely N-dealkylation sites (N-methyl/N-ethyl adjacent to an activating group) is 2. The number of hydrogen-bond acceptors (Lipinski definition) is 9. The number of cyclic esters (lactones) is 1. The van der Waals surface area contributed by atoms with E-state index in [0.717, 1.165) is 38.6 Å². The average Bonchev–Trinajstić information content (AvgIpc) is 3.79. The Labute approximate surface area is 374 Å². The van der Waals surface area contributed by atoms with Crippen molar-refractivity contribution in [2.75, 3.05) is 14.1 Å². The van der Waals surface area contributed by atoms with Crippen molar-refractivity contribution in [1.29, 1.82) is 0 Å². The van der Waals surface area contributed by atoms with Gasteiger partial charge in [-0.2, -0.15) is 0 Å². The first kappa shape index (κ1) is 47.4. The summed E-state index contributed by atoms with van der Waals surface area (Å²) in [7, 11) is 5.41. The molecular formula is C50H62N6O8. The second kappa shape index (κ2) is 17.8. The van der Waals surface area contributed by atoms with Crippen molar-refractivity contribution < 1.29 is 34.1 Å². The Kier molecular flexibility index (Phi) is 13.2. The SMILES string of the molecule is CC[C@@]1(O)C(=O)OCc2c1cc1n(c2=O)Cc2cc3ccccc3nc2-1.CNC(C(=O)N[C@H](C(=O)N(C)[C@H](/C=C(\C)C(=O)O)C(C)C)C(C)(C)C)C(C)(C)c1cn(C)c2ccccc12. The van der Waals surface area contributed by atoms with Crippen LogP contribution in [0.1, 0.15) is 91.0 Å². The minimum Gasteiger partial charge on any atom is -0.478 e. The molecule has 4 atom stereocenters. The maximum absolute atomic E-state index is 13.9. The molecule has 0 aliphatic carbocycles. The molecule has 5 heterocycles. The highest BCUT2D eigenvalue weighted by atomic mass is 16.6. The molecule has 0 saturated carbocycles. The Balaban J connectivity index is 0.000000226. The van der Waals surface area contributed by atoms with Gasteiger partial charge in [0.05, 0.1) is 41.1 Å². The van der Waals surface area contributed by atoms with Gasteiger partial charge >= 0.3 is 11.9 Å². The number of carbonyl (C=O) groups excluding carboxylic acids is 3. The predicted molar refractivity (Wildman–Crippen MR) is 247 cm³/mol. The van der Waals surface area contributed by atoms with E-state index in [-0.39, 0.29) is 41.9 Å². The van der Waals surface area contributed by atoms with Gasteiger partial charge in [0.2, 0.25) is 11.8 Å². The summed E-state index contributed by atoms with van der Waals surface area (Å²) in [4.78, 5) is 70.6. The highest BCUT2D eigenvalue weighted by molar-refractivity contribution is 5.93. The molecule has 7 rings (SSSR count). The molecule has 4 N–H and O–H groups in total. The number of carbonyl (C=O) groups is 4. The standard InChI is InChI=1S/C30H46N4O4.C20H16N2O4/c1-18(2)23(16-19(3)28(37)38)34(11)27(36)25(29(4,5)6)32-26(35)24(31-9)30(7,8)21-17-33(10)22-15-13-12-14-20(21)22;1-2-20(25)14-8-16-17-12(7-11-5-3-4-6-15(11)21-17)9-22(16)18(23)13(14)10-26-19(20)24/h12-18,23-25,31H,1-11H3,(H,32,35)(H,37,38);3-8,25H,2,9-10H2,1H3/b19-16+;/t23-,24?,25-;20-/m10/s1. The van der Waals surface area contributed by atoms with Gasteiger partial charge in [0.1, 0.15) is 12.6 Å². The normalized spacial score (nSPS) is 17.4. The lowest BCUT2D eigenvalue weighted by Gasteiger charge is -2.39. The van der Waals surface area contributed by atoms with Gasteiger partial charge in [-0.15, -0.1) is 0 Å². The number of ether oxygens (including phenoxy) is 1. The van der Waals surface area contributed by atoms with Crippen LogP contribution in [0.15, 0.2) is 83.3 Å². The van der Waals surface area contributed by atoms with E-state index < -0.39 is 46.5 Å². The molecule has 14 heteroatoms. The molecule has 64 heavy (non-hydrogen) atoms. The number of benzene rings is 2. The van der Waals surface area contributed by atoms with E-state index in [9.17, 15) is 34.2 Å². The number of hydrogen-bond donors (Lipinski definition) is 4. The number of aliphatic hydroxyl groups is 1. The quantitative estimate of drug-likeness (QED) is 0.0868. The molecule has 1 unspecified atom stereocenters. The van der Waals surface area contributed by atoms with Crippen molar-refractivity contribution in [3.05, 3.63) is 111 Å². The Morgan fingerprint density at radius 2 is 1.67 bits per heavy atom. The summed E-state index contributed by atoms with van der Waals surface area (Å²) in [6.07, 6.45) is 3.80. The number of nitrogens with one attached hydrogen (secondary N) is 2. The largest absolute Gasteiger partial charge is 0.478 e. The zero-order chi connectivity index (χ0) is 47.2. The van der Waals surface area contributed by atoms with Crippen LogP contribution in [-0.4, -0.2) is 85.2 Å². The predicted octanol–water partition coefficient (Wildman–Crippen LogP) is 6.17. The van der Waals surface area contributed by atoms with Gasteiger partial charge < -0.3 is 39.6 Å². The molecule has 0 bridgehead atoms. The number of fused-ring (bicyclic) bond motifs is 6. The van der Waals surface area contributed by atoms with Crippen molar-refractivity contribution in [3.8, 4) is 11.4 Å². The molecule has 0 radical (unpaired) electrons. The molecule has 14 nitrogen and oxygen atoms in total. The first-order chi connectivity index (χ1) is 30.0. The van der Waals surface area contributed by atoms with Gasteiger partial charge in [-0.05, 0) is 61.6 Å². The van der Waals surface area contributed by atoms with Crippen molar-refractivity contribution in [3.63, 3.8) is 0 Å². The van der Waals surface area contributed by atoms with Crippen molar-refractivity contribution >= 4 is 45.6 Å². The summed E-state index contributed by atoms with van der Waals surface area (Å²) in [5, 5.41) is 28.6. The molecule has 0 fully saturated rings. The zero-order valence-corrected chi connectivity index (χ0v) is 39.0. The van der Waals surface area contributed by atoms with E-state index in [2.05, 4.69) is 33.5 Å². The third-order valence-corrected chi connectivity index (χ3v) is 12.9. The minimum atomic E-state index is -1.79. The summed E-state index contributed by atoms with van der Waals surface area (Å²) < 4.78 is 8.78. The number of amides is 2. The fraction of sp³-hybridized carbons (Fsp3) is 0.440. The zero-order valence-electron chi connectivity index (χ0n) is 39.0. The summed E-state index contributed by atoms with van der Waals surface area (Å²) in [5.41, 5.74) is 2.92. The van der Waals surface area contributed by atoms with Crippen molar-refractivity contribution in [2.24, 2.45) is 18.4 Å². The van der Waals surface area contributed by atoms with E-state index in [1.807, 2.05) is 98.0 Å². The number of carboxylic acids is 1. The van der Waals surface area contributed by atoms with Crippen molar-refractivity contribution in [1.82, 2.24) is 29.7 Å². The number of esters is 1. The van der Waals surface area contributed by atoms with E-state index >= 15 is 0 Å². The van der Waals surface area contributed by atoms with Crippen LogP contribution in [0.2, 0.25) is 0 Å². The third-order valence-electron chi connectivity index (χ3n) is 12.9. The number of para-hydroxylation sites is 2.